The summed E-state index contributed by atoms with van der Waals surface area (Å²) in [5.74, 6) is 0.372. The molecule has 1 aliphatic rings. The van der Waals surface area contributed by atoms with Crippen LogP contribution in [0.25, 0.3) is 11.1 Å². The van der Waals surface area contributed by atoms with E-state index >= 15 is 0 Å². The summed E-state index contributed by atoms with van der Waals surface area (Å²) in [4.78, 5) is 19.1. The zero-order valence-corrected chi connectivity index (χ0v) is 17.6. The molecule has 0 saturated carbocycles. The first-order chi connectivity index (χ1) is 15.6. The van der Waals surface area contributed by atoms with Gasteiger partial charge >= 0.3 is 0 Å². The molecular formula is C27H21FN2O2. The summed E-state index contributed by atoms with van der Waals surface area (Å²) in [6.45, 7) is 3.04. The van der Waals surface area contributed by atoms with Gasteiger partial charge in [0.2, 0.25) is 0 Å². The van der Waals surface area contributed by atoms with Crippen molar-refractivity contribution in [2.75, 3.05) is 0 Å². The maximum absolute atomic E-state index is 13.8. The summed E-state index contributed by atoms with van der Waals surface area (Å²) in [5, 5.41) is 0. The van der Waals surface area contributed by atoms with Gasteiger partial charge < -0.3 is 9.64 Å². The molecule has 2 heterocycles. The van der Waals surface area contributed by atoms with Crippen LogP contribution in [0.2, 0.25) is 0 Å². The third-order valence-electron chi connectivity index (χ3n) is 5.64. The highest BCUT2D eigenvalue weighted by Gasteiger charge is 2.29. The molecule has 5 heteroatoms. The minimum absolute atomic E-state index is 0.0434. The van der Waals surface area contributed by atoms with Crippen LogP contribution in [0.1, 0.15) is 27.0 Å². The molecule has 0 fully saturated rings. The first-order valence-electron chi connectivity index (χ1n) is 10.4. The van der Waals surface area contributed by atoms with Crippen LogP contribution in [0.5, 0.6) is 11.5 Å². The highest BCUT2D eigenvalue weighted by molar-refractivity contribution is 6.00. The van der Waals surface area contributed by atoms with Crippen LogP contribution in [-0.2, 0) is 13.1 Å². The molecule has 4 aromatic rings. The minimum Gasteiger partial charge on any atom is -0.454 e. The second kappa shape index (κ2) is 8.27. The van der Waals surface area contributed by atoms with E-state index in [0.717, 1.165) is 33.4 Å². The molecule has 0 N–H and O–H groups in total. The van der Waals surface area contributed by atoms with Gasteiger partial charge in [-0.3, -0.25) is 9.78 Å². The van der Waals surface area contributed by atoms with Crippen molar-refractivity contribution in [3.8, 4) is 22.6 Å². The van der Waals surface area contributed by atoms with Crippen molar-refractivity contribution < 1.29 is 13.9 Å². The standard InChI is InChI=1S/C27H21FN2O2/c1-18-13-21(20-5-4-12-29-15-20)14-22-17-30(27(31)26(18)22)16-19-8-10-23(11-9-19)32-25-7-3-2-6-24(25)28/h2-15H,16-17H2,1H3. The molecular weight excluding hydrogens is 403 g/mol. The highest BCUT2D eigenvalue weighted by atomic mass is 19.1. The van der Waals surface area contributed by atoms with Gasteiger partial charge in [-0.2, -0.15) is 0 Å². The van der Waals surface area contributed by atoms with E-state index in [1.54, 1.807) is 36.5 Å². The number of aryl methyl sites for hydroxylation is 1. The van der Waals surface area contributed by atoms with E-state index in [1.165, 1.54) is 6.07 Å². The van der Waals surface area contributed by atoms with Gasteiger partial charge in [0.25, 0.3) is 5.91 Å². The van der Waals surface area contributed by atoms with Crippen molar-refractivity contribution in [3.63, 3.8) is 0 Å². The Hall–Kier alpha value is -3.99. The van der Waals surface area contributed by atoms with Crippen molar-refractivity contribution in [2.24, 2.45) is 0 Å². The zero-order chi connectivity index (χ0) is 22.1. The van der Waals surface area contributed by atoms with E-state index in [9.17, 15) is 9.18 Å². The van der Waals surface area contributed by atoms with E-state index < -0.39 is 5.82 Å². The van der Waals surface area contributed by atoms with Crippen LogP contribution in [0, 0.1) is 12.7 Å². The first kappa shape index (κ1) is 19.9. The Balaban J connectivity index is 1.32. The number of benzene rings is 3. The number of ether oxygens (including phenoxy) is 1. The number of hydrogen-bond donors (Lipinski definition) is 0. The van der Waals surface area contributed by atoms with Crippen LogP contribution in [0.15, 0.2) is 85.2 Å². The Kier molecular flexibility index (Phi) is 5.15. The molecule has 0 saturated heterocycles. The van der Waals surface area contributed by atoms with E-state index in [4.69, 9.17) is 4.74 Å². The second-order valence-electron chi connectivity index (χ2n) is 7.91. The molecule has 0 aliphatic carbocycles. The minimum atomic E-state index is -0.405. The molecule has 32 heavy (non-hydrogen) atoms. The lowest BCUT2D eigenvalue weighted by Gasteiger charge is -2.16. The van der Waals surface area contributed by atoms with E-state index in [1.807, 2.05) is 48.4 Å². The average molecular weight is 424 g/mol. The molecule has 0 spiro atoms. The maximum atomic E-state index is 13.8. The summed E-state index contributed by atoms with van der Waals surface area (Å²) in [7, 11) is 0. The number of fused-ring (bicyclic) bond motifs is 1. The van der Waals surface area contributed by atoms with Gasteiger partial charge in [-0.05, 0) is 65.6 Å². The summed E-state index contributed by atoms with van der Waals surface area (Å²) in [6.07, 6.45) is 3.59. The summed E-state index contributed by atoms with van der Waals surface area (Å²) >= 11 is 0. The van der Waals surface area contributed by atoms with Crippen molar-refractivity contribution in [1.29, 1.82) is 0 Å². The number of para-hydroxylation sites is 1. The van der Waals surface area contributed by atoms with Gasteiger partial charge in [0.1, 0.15) is 5.75 Å². The Bertz CT molecular complexity index is 1290. The summed E-state index contributed by atoms with van der Waals surface area (Å²) < 4.78 is 19.4. The predicted molar refractivity (Wildman–Crippen MR) is 121 cm³/mol. The van der Waals surface area contributed by atoms with Gasteiger partial charge in [0.15, 0.2) is 11.6 Å². The smallest absolute Gasteiger partial charge is 0.255 e. The molecule has 5 rings (SSSR count). The highest BCUT2D eigenvalue weighted by Crippen LogP contribution is 2.32. The lowest BCUT2D eigenvalue weighted by molar-refractivity contribution is 0.0766. The van der Waals surface area contributed by atoms with Gasteiger partial charge in [0.05, 0.1) is 0 Å². The maximum Gasteiger partial charge on any atom is 0.255 e. The number of rotatable bonds is 5. The van der Waals surface area contributed by atoms with E-state index in [2.05, 4.69) is 11.1 Å². The Morgan fingerprint density at radius 1 is 1.00 bits per heavy atom. The van der Waals surface area contributed by atoms with Gasteiger partial charge in [0, 0.05) is 36.6 Å². The monoisotopic (exact) mass is 424 g/mol. The topological polar surface area (TPSA) is 42.4 Å². The van der Waals surface area contributed by atoms with Crippen molar-refractivity contribution in [2.45, 2.75) is 20.0 Å². The molecule has 0 unspecified atom stereocenters. The fraction of sp³-hybridized carbons (Fsp3) is 0.111. The number of aromatic nitrogens is 1. The number of pyridine rings is 1. The predicted octanol–water partition coefficient (Wildman–Crippen LogP) is 6.14. The third-order valence-corrected chi connectivity index (χ3v) is 5.64. The summed E-state index contributed by atoms with van der Waals surface area (Å²) in [6, 6.07) is 21.8. The summed E-state index contributed by atoms with van der Waals surface area (Å²) in [5.41, 5.74) is 5.89. The average Bonchev–Trinajstić information content (AvgIpc) is 3.12. The molecule has 1 aliphatic heterocycles. The van der Waals surface area contributed by atoms with Crippen molar-refractivity contribution >= 4 is 5.91 Å². The number of halogens is 1. The van der Waals surface area contributed by atoms with E-state index in [0.29, 0.717) is 18.8 Å². The molecule has 158 valence electrons. The number of nitrogens with zero attached hydrogens (tertiary/aromatic N) is 2. The molecule has 3 aromatic carbocycles. The third kappa shape index (κ3) is 3.85. The largest absolute Gasteiger partial charge is 0.454 e. The van der Waals surface area contributed by atoms with Gasteiger partial charge in [-0.1, -0.05) is 36.4 Å². The van der Waals surface area contributed by atoms with Crippen LogP contribution >= 0.6 is 0 Å². The van der Waals surface area contributed by atoms with Crippen molar-refractivity contribution in [1.82, 2.24) is 9.88 Å². The van der Waals surface area contributed by atoms with Crippen LogP contribution in [0.3, 0.4) is 0 Å². The molecule has 0 radical (unpaired) electrons. The fourth-order valence-electron chi connectivity index (χ4n) is 4.09. The zero-order valence-electron chi connectivity index (χ0n) is 17.6. The molecule has 1 amide bonds. The van der Waals surface area contributed by atoms with E-state index in [-0.39, 0.29) is 11.7 Å². The normalized spacial score (nSPS) is 12.7. The second-order valence-corrected chi connectivity index (χ2v) is 7.91. The van der Waals surface area contributed by atoms with Gasteiger partial charge in [-0.25, -0.2) is 4.39 Å². The molecule has 4 nitrogen and oxygen atoms in total. The Morgan fingerprint density at radius 2 is 1.81 bits per heavy atom. The van der Waals surface area contributed by atoms with Crippen LogP contribution < -0.4 is 4.74 Å². The first-order valence-corrected chi connectivity index (χ1v) is 10.4. The van der Waals surface area contributed by atoms with Crippen molar-refractivity contribution in [3.05, 3.63) is 113 Å². The fourth-order valence-corrected chi connectivity index (χ4v) is 4.09. The lowest BCUT2D eigenvalue weighted by Crippen LogP contribution is -2.23. The van der Waals surface area contributed by atoms with Gasteiger partial charge in [-0.15, -0.1) is 0 Å². The Labute approximate surface area is 185 Å². The molecule has 0 atom stereocenters. The number of carbonyl (C=O) groups is 1. The number of hydrogen-bond acceptors (Lipinski definition) is 3. The lowest BCUT2D eigenvalue weighted by atomic mass is 9.97. The Morgan fingerprint density at radius 3 is 2.56 bits per heavy atom. The molecule has 1 aromatic heterocycles. The SMILES string of the molecule is Cc1cc(-c2cccnc2)cc2c1C(=O)N(Cc1ccc(Oc3ccccc3F)cc1)C2. The van der Waals surface area contributed by atoms with Crippen LogP contribution in [0.4, 0.5) is 4.39 Å². The molecule has 0 bridgehead atoms. The quantitative estimate of drug-likeness (QED) is 0.386. The number of amides is 1. The van der Waals surface area contributed by atoms with Crippen LogP contribution in [-0.4, -0.2) is 15.8 Å². The number of carbonyl (C=O) groups excluding carboxylic acids is 1.